The van der Waals surface area contributed by atoms with Gasteiger partial charge in [0, 0.05) is 31.7 Å². The number of amides is 3. The van der Waals surface area contributed by atoms with Crippen molar-refractivity contribution in [3.63, 3.8) is 0 Å². The molecule has 0 spiro atoms. The van der Waals surface area contributed by atoms with E-state index in [0.29, 0.717) is 6.54 Å². The van der Waals surface area contributed by atoms with Gasteiger partial charge in [0.05, 0.1) is 19.8 Å². The first-order chi connectivity index (χ1) is 9.15. The number of hydrogen-bond donors (Lipinski definition) is 2. The van der Waals surface area contributed by atoms with E-state index >= 15 is 0 Å². The van der Waals surface area contributed by atoms with Gasteiger partial charge in [-0.1, -0.05) is 0 Å². The van der Waals surface area contributed by atoms with Crippen molar-refractivity contribution in [2.75, 3.05) is 39.9 Å². The van der Waals surface area contributed by atoms with E-state index in [1.165, 1.54) is 12.2 Å². The number of likely N-dealkylation sites (N-methyl/N-ethyl adjacent to an activating group) is 1. The number of hydrogen-bond acceptors (Lipinski definition) is 5. The molecular weight excluding hydrogens is 250 g/mol. The van der Waals surface area contributed by atoms with Gasteiger partial charge in [0.15, 0.2) is 0 Å². The Morgan fingerprint density at radius 3 is 2.53 bits per heavy atom. The molecule has 1 aliphatic heterocycles. The lowest BCUT2D eigenvalue weighted by Gasteiger charge is -2.13. The Morgan fingerprint density at radius 1 is 1.21 bits per heavy atom. The minimum absolute atomic E-state index is 0.0785. The Bertz CT molecular complexity index is 350. The molecule has 1 rings (SSSR count). The van der Waals surface area contributed by atoms with Crippen LogP contribution in [0.25, 0.3) is 0 Å². The maximum atomic E-state index is 11.3. The molecule has 0 radical (unpaired) electrons. The molecule has 1 heterocycles. The quantitative estimate of drug-likeness (QED) is 0.399. The third-order valence-electron chi connectivity index (χ3n) is 2.53. The predicted molar refractivity (Wildman–Crippen MR) is 68.2 cm³/mol. The highest BCUT2D eigenvalue weighted by Crippen LogP contribution is 2.02. The van der Waals surface area contributed by atoms with Gasteiger partial charge in [0.25, 0.3) is 11.8 Å². The molecule has 0 saturated heterocycles. The number of ether oxygens (including phenoxy) is 1. The predicted octanol–water partition coefficient (Wildman–Crippen LogP) is -1.35. The van der Waals surface area contributed by atoms with Crippen molar-refractivity contribution in [2.24, 2.45) is 0 Å². The van der Waals surface area contributed by atoms with E-state index in [-0.39, 0.29) is 43.9 Å². The SMILES string of the molecule is CNCCNC(=O)CCOCCN1C(=O)C=CC1=O. The maximum Gasteiger partial charge on any atom is 0.253 e. The number of nitrogens with zero attached hydrogens (tertiary/aromatic N) is 1. The fourth-order valence-corrected chi connectivity index (χ4v) is 1.49. The molecule has 7 nitrogen and oxygen atoms in total. The van der Waals surface area contributed by atoms with Gasteiger partial charge in [-0.05, 0) is 7.05 Å². The van der Waals surface area contributed by atoms with Crippen LogP contribution in [0.5, 0.6) is 0 Å². The second-order valence-electron chi connectivity index (χ2n) is 3.98. The van der Waals surface area contributed by atoms with E-state index < -0.39 is 0 Å². The molecule has 7 heteroatoms. The van der Waals surface area contributed by atoms with Crippen molar-refractivity contribution in [3.05, 3.63) is 12.2 Å². The number of nitrogens with one attached hydrogen (secondary N) is 2. The van der Waals surface area contributed by atoms with Gasteiger partial charge in [0.2, 0.25) is 5.91 Å². The number of carbonyl (C=O) groups is 3. The summed E-state index contributed by atoms with van der Waals surface area (Å²) in [4.78, 5) is 34.8. The summed E-state index contributed by atoms with van der Waals surface area (Å²) >= 11 is 0. The Hall–Kier alpha value is -1.73. The van der Waals surface area contributed by atoms with Crippen molar-refractivity contribution in [1.29, 1.82) is 0 Å². The van der Waals surface area contributed by atoms with Crippen molar-refractivity contribution in [2.45, 2.75) is 6.42 Å². The number of carbonyl (C=O) groups excluding carboxylic acids is 3. The Morgan fingerprint density at radius 2 is 1.89 bits per heavy atom. The highest BCUT2D eigenvalue weighted by atomic mass is 16.5. The Balaban J connectivity index is 2.01. The number of imide groups is 1. The van der Waals surface area contributed by atoms with Gasteiger partial charge in [-0.2, -0.15) is 0 Å². The molecule has 0 bridgehead atoms. The highest BCUT2D eigenvalue weighted by Gasteiger charge is 2.22. The van der Waals surface area contributed by atoms with E-state index in [1.54, 1.807) is 0 Å². The van der Waals surface area contributed by atoms with E-state index in [0.717, 1.165) is 11.4 Å². The van der Waals surface area contributed by atoms with Crippen molar-refractivity contribution in [3.8, 4) is 0 Å². The molecule has 106 valence electrons. The fraction of sp³-hybridized carbons (Fsp3) is 0.583. The van der Waals surface area contributed by atoms with Gasteiger partial charge in [-0.3, -0.25) is 19.3 Å². The van der Waals surface area contributed by atoms with Crippen molar-refractivity contribution >= 4 is 17.7 Å². The normalized spacial score (nSPS) is 14.3. The van der Waals surface area contributed by atoms with Crippen LogP contribution >= 0.6 is 0 Å². The first kappa shape index (κ1) is 15.3. The zero-order chi connectivity index (χ0) is 14.1. The minimum atomic E-state index is -0.321. The first-order valence-electron chi connectivity index (χ1n) is 6.17. The monoisotopic (exact) mass is 269 g/mol. The molecule has 0 fully saturated rings. The molecule has 19 heavy (non-hydrogen) atoms. The van der Waals surface area contributed by atoms with Crippen LogP contribution in [0.1, 0.15) is 6.42 Å². The van der Waals surface area contributed by atoms with Crippen molar-refractivity contribution < 1.29 is 19.1 Å². The van der Waals surface area contributed by atoms with E-state index in [9.17, 15) is 14.4 Å². The van der Waals surface area contributed by atoms with E-state index in [2.05, 4.69) is 10.6 Å². The van der Waals surface area contributed by atoms with Crippen LogP contribution in [0.2, 0.25) is 0 Å². The molecule has 3 amide bonds. The zero-order valence-corrected chi connectivity index (χ0v) is 11.0. The van der Waals surface area contributed by atoms with Crippen LogP contribution in [0.15, 0.2) is 12.2 Å². The summed E-state index contributed by atoms with van der Waals surface area (Å²) in [5.74, 6) is -0.720. The average molecular weight is 269 g/mol. The molecule has 0 unspecified atom stereocenters. The third-order valence-corrected chi connectivity index (χ3v) is 2.53. The van der Waals surface area contributed by atoms with Gasteiger partial charge in [-0.25, -0.2) is 0 Å². The van der Waals surface area contributed by atoms with Gasteiger partial charge in [0.1, 0.15) is 0 Å². The summed E-state index contributed by atoms with van der Waals surface area (Å²) in [6, 6.07) is 0. The molecule has 0 atom stereocenters. The van der Waals surface area contributed by atoms with Gasteiger partial charge in [-0.15, -0.1) is 0 Å². The first-order valence-corrected chi connectivity index (χ1v) is 6.17. The summed E-state index contributed by atoms with van der Waals surface area (Å²) < 4.78 is 5.22. The summed E-state index contributed by atoms with van der Waals surface area (Å²) in [6.07, 6.45) is 2.74. The standard InChI is InChI=1S/C12H19N3O4/c1-13-5-6-14-10(16)4-8-19-9-7-15-11(17)2-3-12(15)18/h2-3,13H,4-9H2,1H3,(H,14,16). The van der Waals surface area contributed by atoms with Gasteiger partial charge >= 0.3 is 0 Å². The Labute approximate surface area is 112 Å². The van der Waals surface area contributed by atoms with Crippen molar-refractivity contribution in [1.82, 2.24) is 15.5 Å². The second-order valence-corrected chi connectivity index (χ2v) is 3.98. The molecule has 0 saturated carbocycles. The molecular formula is C12H19N3O4. The summed E-state index contributed by atoms with van der Waals surface area (Å²) in [6.45, 7) is 2.03. The van der Waals surface area contributed by atoms with Crippen LogP contribution in [0, 0.1) is 0 Å². The van der Waals surface area contributed by atoms with Crippen LogP contribution in [0.4, 0.5) is 0 Å². The summed E-state index contributed by atoms with van der Waals surface area (Å²) in [5, 5.41) is 5.64. The second kappa shape index (κ2) is 8.39. The van der Waals surface area contributed by atoms with Crippen LogP contribution in [-0.4, -0.2) is 62.5 Å². The summed E-state index contributed by atoms with van der Waals surface area (Å²) in [7, 11) is 1.81. The van der Waals surface area contributed by atoms with Crippen LogP contribution < -0.4 is 10.6 Å². The molecule has 0 aliphatic carbocycles. The lowest BCUT2D eigenvalue weighted by Crippen LogP contribution is -2.34. The molecule has 0 aromatic heterocycles. The van der Waals surface area contributed by atoms with E-state index in [1.807, 2.05) is 7.05 Å². The van der Waals surface area contributed by atoms with Crippen LogP contribution in [0.3, 0.4) is 0 Å². The largest absolute Gasteiger partial charge is 0.379 e. The maximum absolute atomic E-state index is 11.3. The summed E-state index contributed by atoms with van der Waals surface area (Å²) in [5.41, 5.74) is 0. The van der Waals surface area contributed by atoms with Crippen LogP contribution in [-0.2, 0) is 19.1 Å². The molecule has 2 N–H and O–H groups in total. The lowest BCUT2D eigenvalue weighted by atomic mass is 10.4. The average Bonchev–Trinajstić information content (AvgIpc) is 2.70. The smallest absolute Gasteiger partial charge is 0.253 e. The molecule has 1 aliphatic rings. The Kier molecular flexibility index (Phi) is 6.76. The molecule has 0 aromatic carbocycles. The van der Waals surface area contributed by atoms with Gasteiger partial charge < -0.3 is 15.4 Å². The fourth-order valence-electron chi connectivity index (χ4n) is 1.49. The number of rotatable bonds is 9. The lowest BCUT2D eigenvalue weighted by molar-refractivity contribution is -0.138. The minimum Gasteiger partial charge on any atom is -0.379 e. The highest BCUT2D eigenvalue weighted by molar-refractivity contribution is 6.12. The topological polar surface area (TPSA) is 87.7 Å². The zero-order valence-electron chi connectivity index (χ0n) is 11.0. The third kappa shape index (κ3) is 5.62. The van der Waals surface area contributed by atoms with E-state index in [4.69, 9.17) is 4.74 Å². The molecule has 0 aromatic rings.